The molecule has 1 aliphatic rings. The summed E-state index contributed by atoms with van der Waals surface area (Å²) in [5.41, 5.74) is -0.814. The highest BCUT2D eigenvalue weighted by molar-refractivity contribution is 6.21. The Hall–Kier alpha value is -5.13. The molecule has 0 saturated carbocycles. The lowest BCUT2D eigenvalue weighted by Gasteiger charge is -2.27. The Bertz CT molecular complexity index is 1370. The monoisotopic (exact) mass is 504 g/mol. The van der Waals surface area contributed by atoms with E-state index in [9.17, 15) is 34.6 Å². The number of benzene rings is 3. The van der Waals surface area contributed by atoms with Crippen LogP contribution < -0.4 is 9.64 Å². The van der Waals surface area contributed by atoms with E-state index in [0.29, 0.717) is 5.75 Å². The number of ether oxygens (including phenoxy) is 1. The van der Waals surface area contributed by atoms with Gasteiger partial charge in [0.1, 0.15) is 5.75 Å². The number of non-ortho nitro benzene ring substituents is 2. The van der Waals surface area contributed by atoms with Crippen LogP contribution in [0, 0.1) is 20.2 Å². The maximum absolute atomic E-state index is 13.7. The number of nitro benzene ring substituents is 2. The number of para-hydroxylation sites is 2. The van der Waals surface area contributed by atoms with Crippen LogP contribution in [0.4, 0.5) is 17.1 Å². The Labute approximate surface area is 210 Å². The third-order valence-corrected chi connectivity index (χ3v) is 5.70. The van der Waals surface area contributed by atoms with Crippen molar-refractivity contribution in [2.45, 2.75) is 6.92 Å². The number of carbonyl (C=O) groups excluding carboxylic acids is 3. The molecule has 3 aromatic carbocycles. The minimum atomic E-state index is -0.832. The van der Waals surface area contributed by atoms with Gasteiger partial charge in [0, 0.05) is 25.2 Å². The van der Waals surface area contributed by atoms with Crippen molar-refractivity contribution in [3.8, 4) is 5.75 Å². The highest BCUT2D eigenvalue weighted by Gasteiger charge is 2.36. The maximum atomic E-state index is 13.7. The van der Waals surface area contributed by atoms with Crippen molar-refractivity contribution in [2.24, 2.45) is 0 Å². The molecule has 1 aliphatic heterocycles. The van der Waals surface area contributed by atoms with Crippen molar-refractivity contribution in [3.63, 3.8) is 0 Å². The second-order valence-corrected chi connectivity index (χ2v) is 7.92. The Morgan fingerprint density at radius 3 is 1.97 bits per heavy atom. The molecule has 0 N–H and O–H groups in total. The third kappa shape index (κ3) is 4.85. The number of nitro groups is 2. The molecule has 188 valence electrons. The van der Waals surface area contributed by atoms with Gasteiger partial charge in [-0.3, -0.25) is 39.5 Å². The quantitative estimate of drug-likeness (QED) is 0.242. The highest BCUT2D eigenvalue weighted by atomic mass is 16.6. The molecular weight excluding hydrogens is 484 g/mol. The van der Waals surface area contributed by atoms with Crippen molar-refractivity contribution in [3.05, 3.63) is 104 Å². The number of hydrogen-bond acceptors (Lipinski definition) is 8. The molecule has 0 saturated heterocycles. The molecule has 12 heteroatoms. The van der Waals surface area contributed by atoms with Crippen molar-refractivity contribution in [1.29, 1.82) is 0 Å². The van der Waals surface area contributed by atoms with E-state index in [-0.39, 0.29) is 42.1 Å². The van der Waals surface area contributed by atoms with E-state index in [1.807, 2.05) is 0 Å². The predicted octanol–water partition coefficient (Wildman–Crippen LogP) is 3.84. The van der Waals surface area contributed by atoms with Crippen LogP contribution in [0.25, 0.3) is 0 Å². The van der Waals surface area contributed by atoms with Gasteiger partial charge in [0.25, 0.3) is 29.1 Å². The summed E-state index contributed by atoms with van der Waals surface area (Å²) in [5.74, 6) is -1.54. The van der Waals surface area contributed by atoms with Gasteiger partial charge in [-0.25, -0.2) is 0 Å². The fraction of sp³-hybridized carbons (Fsp3) is 0.160. The first-order valence-corrected chi connectivity index (χ1v) is 11.2. The van der Waals surface area contributed by atoms with Crippen LogP contribution in [-0.2, 0) is 0 Å². The second kappa shape index (κ2) is 10.2. The Morgan fingerprint density at radius 2 is 1.43 bits per heavy atom. The summed E-state index contributed by atoms with van der Waals surface area (Å²) in [5, 5.41) is 22.7. The van der Waals surface area contributed by atoms with Crippen LogP contribution in [-0.4, -0.2) is 52.2 Å². The predicted molar refractivity (Wildman–Crippen MR) is 131 cm³/mol. The number of hydrogen-bond donors (Lipinski definition) is 0. The van der Waals surface area contributed by atoms with E-state index in [2.05, 4.69) is 0 Å². The van der Waals surface area contributed by atoms with E-state index in [1.165, 1.54) is 17.0 Å². The Kier molecular flexibility index (Phi) is 6.91. The van der Waals surface area contributed by atoms with Gasteiger partial charge in [-0.1, -0.05) is 24.3 Å². The molecule has 37 heavy (non-hydrogen) atoms. The maximum Gasteiger partial charge on any atom is 0.277 e. The summed E-state index contributed by atoms with van der Waals surface area (Å²) in [7, 11) is 0. The molecule has 0 fully saturated rings. The zero-order valence-corrected chi connectivity index (χ0v) is 19.5. The second-order valence-electron chi connectivity index (χ2n) is 7.92. The van der Waals surface area contributed by atoms with Gasteiger partial charge in [0.05, 0.1) is 44.9 Å². The lowest BCUT2D eigenvalue weighted by atomic mass is 10.1. The smallest absolute Gasteiger partial charge is 0.277 e. The van der Waals surface area contributed by atoms with Gasteiger partial charge >= 0.3 is 0 Å². The van der Waals surface area contributed by atoms with Crippen molar-refractivity contribution < 1.29 is 29.0 Å². The number of nitrogens with zero attached hydrogens (tertiary/aromatic N) is 4. The highest BCUT2D eigenvalue weighted by Crippen LogP contribution is 2.32. The van der Waals surface area contributed by atoms with Crippen LogP contribution >= 0.6 is 0 Å². The molecular formula is C25H20N4O8. The number of anilines is 1. The number of imide groups is 1. The van der Waals surface area contributed by atoms with E-state index in [4.69, 9.17) is 4.74 Å². The largest absolute Gasteiger partial charge is 0.492 e. The fourth-order valence-electron chi connectivity index (χ4n) is 4.02. The van der Waals surface area contributed by atoms with Crippen molar-refractivity contribution in [2.75, 3.05) is 24.6 Å². The standard InChI is InChI=1S/C25H20N4O8/c1-2-37-22-10-6-5-9-21(22)26(11-12-27-24(31)19-7-3-4-8-20(19)25(27)32)23(30)16-13-17(28(33)34)15-18(14-16)29(35)36/h3-10,13-15H,2,11-12H2,1H3. The minimum Gasteiger partial charge on any atom is -0.492 e. The third-order valence-electron chi connectivity index (χ3n) is 5.70. The normalized spacial score (nSPS) is 12.3. The van der Waals surface area contributed by atoms with E-state index in [1.54, 1.807) is 43.3 Å². The summed E-state index contributed by atoms with van der Waals surface area (Å²) in [6, 6.07) is 15.5. The van der Waals surface area contributed by atoms with Crippen LogP contribution in [0.5, 0.6) is 5.75 Å². The van der Waals surface area contributed by atoms with Gasteiger partial charge in [-0.05, 0) is 31.2 Å². The Balaban J connectivity index is 1.73. The Morgan fingerprint density at radius 1 is 0.892 bits per heavy atom. The molecule has 3 aromatic rings. The molecule has 1 heterocycles. The number of amides is 3. The summed E-state index contributed by atoms with van der Waals surface area (Å²) < 4.78 is 5.63. The van der Waals surface area contributed by atoms with E-state index >= 15 is 0 Å². The molecule has 0 unspecified atom stereocenters. The fourth-order valence-corrected chi connectivity index (χ4v) is 4.02. The van der Waals surface area contributed by atoms with Gasteiger partial charge in [-0.2, -0.15) is 0 Å². The van der Waals surface area contributed by atoms with Gasteiger partial charge in [0.15, 0.2) is 0 Å². The number of fused-ring (bicyclic) bond motifs is 1. The van der Waals surface area contributed by atoms with E-state index < -0.39 is 38.9 Å². The molecule has 3 amide bonds. The molecule has 0 radical (unpaired) electrons. The van der Waals surface area contributed by atoms with Crippen LogP contribution in [0.1, 0.15) is 38.0 Å². The van der Waals surface area contributed by atoms with Gasteiger partial charge in [-0.15, -0.1) is 0 Å². The topological polar surface area (TPSA) is 153 Å². The average Bonchev–Trinajstić information content (AvgIpc) is 3.14. The molecule has 12 nitrogen and oxygen atoms in total. The summed E-state index contributed by atoms with van der Waals surface area (Å²) in [4.78, 5) is 62.6. The van der Waals surface area contributed by atoms with Gasteiger partial charge < -0.3 is 9.64 Å². The lowest BCUT2D eigenvalue weighted by Crippen LogP contribution is -2.41. The molecule has 4 rings (SSSR count). The summed E-state index contributed by atoms with van der Waals surface area (Å²) in [6.07, 6.45) is 0. The molecule has 0 spiro atoms. The van der Waals surface area contributed by atoms with Crippen molar-refractivity contribution in [1.82, 2.24) is 4.90 Å². The molecule has 0 aliphatic carbocycles. The first-order chi connectivity index (χ1) is 17.7. The SMILES string of the molecule is CCOc1ccccc1N(CCN1C(=O)c2ccccc2C1=O)C(=O)c1cc([N+](=O)[O-])cc([N+](=O)[O-])c1. The zero-order chi connectivity index (χ0) is 26.7. The van der Waals surface area contributed by atoms with Crippen LogP contribution in [0.2, 0.25) is 0 Å². The molecule has 0 atom stereocenters. The number of rotatable bonds is 9. The minimum absolute atomic E-state index is 0.199. The van der Waals surface area contributed by atoms with Crippen LogP contribution in [0.3, 0.4) is 0 Å². The first-order valence-electron chi connectivity index (χ1n) is 11.2. The molecule has 0 bridgehead atoms. The van der Waals surface area contributed by atoms with Crippen LogP contribution in [0.15, 0.2) is 66.7 Å². The average molecular weight is 504 g/mol. The first kappa shape index (κ1) is 25.0. The summed E-state index contributed by atoms with van der Waals surface area (Å²) >= 11 is 0. The lowest BCUT2D eigenvalue weighted by molar-refractivity contribution is -0.394. The molecule has 0 aromatic heterocycles. The zero-order valence-electron chi connectivity index (χ0n) is 19.5. The number of carbonyl (C=O) groups is 3. The van der Waals surface area contributed by atoms with E-state index in [0.717, 1.165) is 23.1 Å². The van der Waals surface area contributed by atoms with Gasteiger partial charge in [0.2, 0.25) is 0 Å². The summed E-state index contributed by atoms with van der Waals surface area (Å²) in [6.45, 7) is 1.60. The van der Waals surface area contributed by atoms with Crippen molar-refractivity contribution >= 4 is 34.8 Å².